The van der Waals surface area contributed by atoms with E-state index in [9.17, 15) is 4.79 Å². The summed E-state index contributed by atoms with van der Waals surface area (Å²) < 4.78 is 1.05. The van der Waals surface area contributed by atoms with Crippen LogP contribution in [0, 0.1) is 0 Å². The Morgan fingerprint density at radius 2 is 1.84 bits per heavy atom. The smallest absolute Gasteiger partial charge is 0.236 e. The van der Waals surface area contributed by atoms with Crippen LogP contribution in [0.15, 0.2) is 53.0 Å². The van der Waals surface area contributed by atoms with Gasteiger partial charge < -0.3 is 0 Å². The normalized spacial score (nSPS) is 10.6. The van der Waals surface area contributed by atoms with E-state index in [1.807, 2.05) is 36.4 Å². The van der Waals surface area contributed by atoms with Gasteiger partial charge in [0.1, 0.15) is 5.01 Å². The highest BCUT2D eigenvalue weighted by Crippen LogP contribution is 2.27. The molecule has 0 aliphatic carbocycles. The largest absolute Gasteiger partial charge is 0.300 e. The molecule has 0 radical (unpaired) electrons. The van der Waals surface area contributed by atoms with E-state index in [0.717, 1.165) is 20.8 Å². The van der Waals surface area contributed by atoms with Crippen molar-refractivity contribution in [2.45, 2.75) is 5.75 Å². The van der Waals surface area contributed by atoms with Crippen molar-refractivity contribution in [3.8, 4) is 10.6 Å². The average molecular weight is 455 g/mol. The maximum atomic E-state index is 12.0. The number of halogens is 2. The number of aromatic nitrogens is 2. The molecule has 8 heteroatoms. The summed E-state index contributed by atoms with van der Waals surface area (Å²) in [4.78, 5) is 12.0. The molecule has 0 bridgehead atoms. The van der Waals surface area contributed by atoms with E-state index in [4.69, 9.17) is 11.6 Å². The van der Waals surface area contributed by atoms with Crippen molar-refractivity contribution in [1.29, 1.82) is 0 Å². The molecule has 0 aliphatic rings. The fourth-order valence-corrected chi connectivity index (χ4v) is 3.92. The van der Waals surface area contributed by atoms with Crippen LogP contribution in [0.5, 0.6) is 0 Å². The van der Waals surface area contributed by atoms with Crippen LogP contribution in [0.2, 0.25) is 5.02 Å². The lowest BCUT2D eigenvalue weighted by atomic mass is 10.2. The van der Waals surface area contributed by atoms with E-state index >= 15 is 0 Å². The number of nitrogens with zero attached hydrogens (tertiary/aromatic N) is 2. The third-order valence-electron chi connectivity index (χ3n) is 3.18. The number of amides is 1. The first-order chi connectivity index (χ1) is 12.1. The molecular weight excluding hydrogens is 442 g/mol. The summed E-state index contributed by atoms with van der Waals surface area (Å²) in [5.41, 5.74) is 2.11. The molecule has 0 fully saturated rings. The lowest BCUT2D eigenvalue weighted by Gasteiger charge is -2.02. The van der Waals surface area contributed by atoms with Crippen molar-refractivity contribution in [2.75, 3.05) is 11.1 Å². The number of thioether (sulfide) groups is 1. The second-order valence-electron chi connectivity index (χ2n) is 5.09. The Bertz CT molecular complexity index is 853. The lowest BCUT2D eigenvalue weighted by Crippen LogP contribution is -2.13. The van der Waals surface area contributed by atoms with Crippen molar-refractivity contribution in [3.63, 3.8) is 0 Å². The third kappa shape index (κ3) is 5.54. The topological polar surface area (TPSA) is 54.9 Å². The minimum Gasteiger partial charge on any atom is -0.300 e. The van der Waals surface area contributed by atoms with Gasteiger partial charge in [-0.1, -0.05) is 63.1 Å². The van der Waals surface area contributed by atoms with Crippen molar-refractivity contribution in [2.24, 2.45) is 0 Å². The van der Waals surface area contributed by atoms with Gasteiger partial charge in [-0.2, -0.15) is 0 Å². The number of nitrogens with one attached hydrogen (secondary N) is 1. The third-order valence-corrected chi connectivity index (χ3v) is 5.85. The van der Waals surface area contributed by atoms with Gasteiger partial charge in [0.2, 0.25) is 11.0 Å². The number of hydrogen-bond acceptors (Lipinski definition) is 5. The zero-order chi connectivity index (χ0) is 17.6. The monoisotopic (exact) mass is 453 g/mol. The molecule has 128 valence electrons. The van der Waals surface area contributed by atoms with Crippen LogP contribution in [0.4, 0.5) is 5.13 Å². The second kappa shape index (κ2) is 8.80. The average Bonchev–Trinajstić information content (AvgIpc) is 3.06. The molecule has 1 aromatic heterocycles. The summed E-state index contributed by atoms with van der Waals surface area (Å²) in [5.74, 6) is 1.07. The molecule has 0 saturated heterocycles. The maximum Gasteiger partial charge on any atom is 0.236 e. The number of rotatable bonds is 6. The number of benzene rings is 2. The molecule has 4 nitrogen and oxygen atoms in total. The summed E-state index contributed by atoms with van der Waals surface area (Å²) in [5, 5.41) is 12.8. The van der Waals surface area contributed by atoms with Crippen LogP contribution in [-0.4, -0.2) is 21.9 Å². The van der Waals surface area contributed by atoms with E-state index in [1.54, 1.807) is 23.9 Å². The summed E-state index contributed by atoms with van der Waals surface area (Å²) in [6, 6.07) is 15.4. The molecule has 0 unspecified atom stereocenters. The first-order valence-electron chi connectivity index (χ1n) is 7.31. The van der Waals surface area contributed by atoms with E-state index in [1.165, 1.54) is 16.9 Å². The minimum absolute atomic E-state index is 0.0825. The molecule has 0 spiro atoms. The molecule has 25 heavy (non-hydrogen) atoms. The predicted octanol–water partition coefficient (Wildman–Crippen LogP) is 5.49. The predicted molar refractivity (Wildman–Crippen MR) is 109 cm³/mol. The van der Waals surface area contributed by atoms with Gasteiger partial charge in [-0.15, -0.1) is 22.0 Å². The van der Waals surface area contributed by atoms with Gasteiger partial charge in [0.25, 0.3) is 0 Å². The number of carbonyl (C=O) groups excluding carboxylic acids is 1. The van der Waals surface area contributed by atoms with E-state index in [-0.39, 0.29) is 5.91 Å². The van der Waals surface area contributed by atoms with Crippen LogP contribution in [-0.2, 0) is 10.5 Å². The maximum absolute atomic E-state index is 12.0. The van der Waals surface area contributed by atoms with Gasteiger partial charge in [-0.3, -0.25) is 10.1 Å². The van der Waals surface area contributed by atoms with Crippen LogP contribution in [0.25, 0.3) is 10.6 Å². The van der Waals surface area contributed by atoms with Crippen LogP contribution in [0.3, 0.4) is 0 Å². The fraction of sp³-hybridized carbons (Fsp3) is 0.118. The zero-order valence-electron chi connectivity index (χ0n) is 12.9. The molecule has 0 atom stereocenters. The summed E-state index contributed by atoms with van der Waals surface area (Å²) in [7, 11) is 0. The molecular formula is C17H13BrClN3OS2. The van der Waals surface area contributed by atoms with Gasteiger partial charge in [0.05, 0.1) is 5.75 Å². The molecule has 1 heterocycles. The first-order valence-corrected chi connectivity index (χ1v) is 10.5. The Balaban J connectivity index is 1.49. The molecule has 1 amide bonds. The van der Waals surface area contributed by atoms with Gasteiger partial charge in [0, 0.05) is 20.8 Å². The van der Waals surface area contributed by atoms with Crippen molar-refractivity contribution >= 4 is 61.7 Å². The minimum atomic E-state index is -0.0825. The quantitative estimate of drug-likeness (QED) is 0.535. The van der Waals surface area contributed by atoms with E-state index in [0.29, 0.717) is 15.9 Å². The Morgan fingerprint density at radius 3 is 2.56 bits per heavy atom. The SMILES string of the molecule is O=C(CSCc1ccc(Br)cc1)Nc1nnc(-c2ccc(Cl)cc2)s1. The molecule has 0 aliphatic heterocycles. The Labute approximate surface area is 167 Å². The summed E-state index contributed by atoms with van der Waals surface area (Å²) in [6.45, 7) is 0. The highest BCUT2D eigenvalue weighted by atomic mass is 79.9. The molecule has 1 N–H and O–H groups in total. The first kappa shape index (κ1) is 18.4. The lowest BCUT2D eigenvalue weighted by molar-refractivity contribution is -0.113. The number of anilines is 1. The zero-order valence-corrected chi connectivity index (χ0v) is 16.9. The Kier molecular flexibility index (Phi) is 6.47. The van der Waals surface area contributed by atoms with Gasteiger partial charge in [-0.25, -0.2) is 0 Å². The fourth-order valence-electron chi connectivity index (χ4n) is 1.98. The van der Waals surface area contributed by atoms with Gasteiger partial charge in [-0.05, 0) is 29.8 Å². The molecule has 2 aromatic carbocycles. The summed E-state index contributed by atoms with van der Waals surface area (Å²) >= 11 is 12.2. The molecule has 0 saturated carbocycles. The Hall–Kier alpha value is -1.41. The molecule has 3 rings (SSSR count). The second-order valence-corrected chi connectivity index (χ2v) is 8.40. The van der Waals surface area contributed by atoms with Gasteiger partial charge in [0.15, 0.2) is 0 Å². The van der Waals surface area contributed by atoms with E-state index < -0.39 is 0 Å². The van der Waals surface area contributed by atoms with Crippen LogP contribution >= 0.6 is 50.6 Å². The van der Waals surface area contributed by atoms with Crippen molar-refractivity contribution in [3.05, 3.63) is 63.6 Å². The number of hydrogen-bond donors (Lipinski definition) is 1. The van der Waals surface area contributed by atoms with Gasteiger partial charge >= 0.3 is 0 Å². The van der Waals surface area contributed by atoms with Crippen molar-refractivity contribution < 1.29 is 4.79 Å². The van der Waals surface area contributed by atoms with Crippen LogP contribution < -0.4 is 5.32 Å². The Morgan fingerprint density at radius 1 is 1.12 bits per heavy atom. The molecule has 3 aromatic rings. The van der Waals surface area contributed by atoms with E-state index in [2.05, 4.69) is 31.4 Å². The summed E-state index contributed by atoms with van der Waals surface area (Å²) in [6.07, 6.45) is 0. The van der Waals surface area contributed by atoms with Crippen molar-refractivity contribution in [1.82, 2.24) is 10.2 Å². The number of carbonyl (C=O) groups is 1. The van der Waals surface area contributed by atoms with Crippen LogP contribution in [0.1, 0.15) is 5.56 Å². The standard InChI is InChI=1S/C17H13BrClN3OS2/c18-13-5-1-11(2-6-13)9-24-10-15(23)20-17-22-21-16(25-17)12-3-7-14(19)8-4-12/h1-8H,9-10H2,(H,20,22,23). The highest BCUT2D eigenvalue weighted by Gasteiger charge is 2.10. The highest BCUT2D eigenvalue weighted by molar-refractivity contribution is 9.10.